The van der Waals surface area contributed by atoms with E-state index in [1.54, 1.807) is 26.8 Å². The lowest BCUT2D eigenvalue weighted by Crippen LogP contribution is -2.21. The predicted octanol–water partition coefficient (Wildman–Crippen LogP) is 5.84. The van der Waals surface area contributed by atoms with Crippen LogP contribution in [0.25, 0.3) is 0 Å². The SMILES string of the molecule is CC#Cc1cc(OC(F)(F)F)cc(C(C)(C)c2cc(Cl)cc([N+](=O)[O-])c2)c1. The number of halogens is 4. The van der Waals surface area contributed by atoms with Gasteiger partial charge in [-0.3, -0.25) is 10.1 Å². The molecule has 0 fully saturated rings. The van der Waals surface area contributed by atoms with E-state index in [1.165, 1.54) is 30.3 Å². The van der Waals surface area contributed by atoms with Crippen LogP contribution in [0.2, 0.25) is 5.02 Å². The van der Waals surface area contributed by atoms with Gasteiger partial charge in [0.15, 0.2) is 0 Å². The number of hydrogen-bond donors (Lipinski definition) is 0. The first-order valence-electron chi connectivity index (χ1n) is 7.72. The molecule has 0 heterocycles. The maximum absolute atomic E-state index is 12.7. The van der Waals surface area contributed by atoms with Crippen LogP contribution in [-0.4, -0.2) is 11.3 Å². The largest absolute Gasteiger partial charge is 0.573 e. The van der Waals surface area contributed by atoms with E-state index < -0.39 is 22.5 Å². The molecule has 8 heteroatoms. The molecule has 4 nitrogen and oxygen atoms in total. The molecule has 0 aliphatic rings. The molecule has 0 aliphatic heterocycles. The number of nitrogens with zero attached hydrogens (tertiary/aromatic N) is 1. The number of benzene rings is 2. The van der Waals surface area contributed by atoms with Crippen molar-refractivity contribution in [2.75, 3.05) is 0 Å². The molecule has 2 rings (SSSR count). The lowest BCUT2D eigenvalue weighted by Gasteiger charge is -2.27. The van der Waals surface area contributed by atoms with Crippen LogP contribution >= 0.6 is 11.6 Å². The normalized spacial score (nSPS) is 11.5. The topological polar surface area (TPSA) is 52.4 Å². The molecular weight excluding hydrogens is 383 g/mol. The van der Waals surface area contributed by atoms with Gasteiger partial charge in [-0.25, -0.2) is 0 Å². The van der Waals surface area contributed by atoms with E-state index in [1.807, 2.05) is 0 Å². The van der Waals surface area contributed by atoms with Gasteiger partial charge in [0.1, 0.15) is 5.75 Å². The second-order valence-electron chi connectivity index (χ2n) is 6.25. The summed E-state index contributed by atoms with van der Waals surface area (Å²) in [6.07, 6.45) is -4.85. The summed E-state index contributed by atoms with van der Waals surface area (Å²) in [5, 5.41) is 11.3. The molecule has 0 saturated heterocycles. The fourth-order valence-electron chi connectivity index (χ4n) is 2.58. The molecule has 0 amide bonds. The predicted molar refractivity (Wildman–Crippen MR) is 95.9 cm³/mol. The molecule has 0 N–H and O–H groups in total. The zero-order chi connectivity index (χ0) is 20.4. The summed E-state index contributed by atoms with van der Waals surface area (Å²) in [5.74, 6) is 4.92. The molecule has 0 atom stereocenters. The Balaban J connectivity index is 2.63. The van der Waals surface area contributed by atoms with Gasteiger partial charge in [-0.1, -0.05) is 31.4 Å². The van der Waals surface area contributed by atoms with Crippen LogP contribution in [0.5, 0.6) is 5.75 Å². The highest BCUT2D eigenvalue weighted by Gasteiger charge is 2.33. The van der Waals surface area contributed by atoms with Crippen LogP contribution in [0.4, 0.5) is 18.9 Å². The van der Waals surface area contributed by atoms with Gasteiger partial charge in [-0.2, -0.15) is 0 Å². The summed E-state index contributed by atoms with van der Waals surface area (Å²) in [6.45, 7) is 5.00. The van der Waals surface area contributed by atoms with Crippen LogP contribution in [-0.2, 0) is 5.41 Å². The summed E-state index contributed by atoms with van der Waals surface area (Å²) in [6, 6.07) is 8.13. The zero-order valence-electron chi connectivity index (χ0n) is 14.6. The number of hydrogen-bond acceptors (Lipinski definition) is 3. The minimum Gasteiger partial charge on any atom is -0.406 e. The lowest BCUT2D eigenvalue weighted by atomic mass is 9.77. The van der Waals surface area contributed by atoms with Crippen molar-refractivity contribution in [2.45, 2.75) is 32.5 Å². The van der Waals surface area contributed by atoms with Gasteiger partial charge in [-0.15, -0.1) is 19.1 Å². The van der Waals surface area contributed by atoms with Crippen molar-refractivity contribution in [3.63, 3.8) is 0 Å². The Kier molecular flexibility index (Phi) is 5.71. The van der Waals surface area contributed by atoms with E-state index in [9.17, 15) is 23.3 Å². The number of nitro groups is 1. The van der Waals surface area contributed by atoms with E-state index in [4.69, 9.17) is 11.6 Å². The molecule has 0 aliphatic carbocycles. The van der Waals surface area contributed by atoms with Crippen LogP contribution in [0.1, 0.15) is 37.5 Å². The minimum absolute atomic E-state index is 0.156. The van der Waals surface area contributed by atoms with E-state index >= 15 is 0 Å². The molecule has 0 radical (unpaired) electrons. The summed E-state index contributed by atoms with van der Waals surface area (Å²) in [5.41, 5.74) is 0.144. The van der Waals surface area contributed by atoms with Crippen molar-refractivity contribution in [1.82, 2.24) is 0 Å². The maximum atomic E-state index is 12.7. The van der Waals surface area contributed by atoms with Gasteiger partial charge in [0.25, 0.3) is 5.69 Å². The van der Waals surface area contributed by atoms with Crippen molar-refractivity contribution in [3.05, 3.63) is 68.2 Å². The lowest BCUT2D eigenvalue weighted by molar-refractivity contribution is -0.384. The van der Waals surface area contributed by atoms with Crippen molar-refractivity contribution in [2.24, 2.45) is 0 Å². The Bertz CT molecular complexity index is 943. The van der Waals surface area contributed by atoms with Crippen LogP contribution in [0, 0.1) is 22.0 Å². The van der Waals surface area contributed by atoms with E-state index in [0.717, 1.165) is 0 Å². The zero-order valence-corrected chi connectivity index (χ0v) is 15.4. The Hall–Kier alpha value is -2.72. The minimum atomic E-state index is -4.85. The molecule has 2 aromatic carbocycles. The second-order valence-corrected chi connectivity index (χ2v) is 6.69. The standard InChI is InChI=1S/C19H15ClF3NO3/c1-4-5-12-6-13(10-17(7-12)27-19(21,22)23)18(2,3)14-8-15(20)11-16(9-14)24(25)26/h6-11H,1-3H3. The quantitative estimate of drug-likeness (QED) is 0.369. The number of nitro benzene ring substituents is 1. The van der Waals surface area contributed by atoms with Gasteiger partial charge >= 0.3 is 6.36 Å². The molecule has 2 aromatic rings. The van der Waals surface area contributed by atoms with Gasteiger partial charge in [0, 0.05) is 28.1 Å². The molecule has 0 saturated carbocycles. The van der Waals surface area contributed by atoms with Gasteiger partial charge in [-0.05, 0) is 42.3 Å². The van der Waals surface area contributed by atoms with Crippen molar-refractivity contribution < 1.29 is 22.8 Å². The summed E-state index contributed by atoms with van der Waals surface area (Å²) < 4.78 is 42.0. The first-order valence-corrected chi connectivity index (χ1v) is 8.09. The smallest absolute Gasteiger partial charge is 0.406 e. The first kappa shape index (κ1) is 20.6. The second kappa shape index (κ2) is 7.49. The highest BCUT2D eigenvalue weighted by molar-refractivity contribution is 6.30. The summed E-state index contributed by atoms with van der Waals surface area (Å²) >= 11 is 5.99. The van der Waals surface area contributed by atoms with Crippen molar-refractivity contribution in [1.29, 1.82) is 0 Å². The van der Waals surface area contributed by atoms with E-state index in [0.29, 0.717) is 16.7 Å². The highest BCUT2D eigenvalue weighted by Crippen LogP contribution is 2.38. The fourth-order valence-corrected chi connectivity index (χ4v) is 2.81. The third-order valence-corrected chi connectivity index (χ3v) is 4.16. The van der Waals surface area contributed by atoms with Crippen LogP contribution in [0.15, 0.2) is 36.4 Å². The maximum Gasteiger partial charge on any atom is 0.573 e. The number of ether oxygens (including phenoxy) is 1. The molecule has 0 unspecified atom stereocenters. The Morgan fingerprint density at radius 1 is 1.07 bits per heavy atom. The molecular formula is C19H15ClF3NO3. The Morgan fingerprint density at radius 3 is 2.26 bits per heavy atom. The monoisotopic (exact) mass is 397 g/mol. The van der Waals surface area contributed by atoms with Gasteiger partial charge in [0.05, 0.1) is 4.92 Å². The van der Waals surface area contributed by atoms with E-state index in [2.05, 4.69) is 16.6 Å². The molecule has 0 bridgehead atoms. The first-order chi connectivity index (χ1) is 12.4. The van der Waals surface area contributed by atoms with Gasteiger partial charge in [0.2, 0.25) is 0 Å². The molecule has 0 spiro atoms. The molecule has 0 aromatic heterocycles. The van der Waals surface area contributed by atoms with Crippen molar-refractivity contribution >= 4 is 17.3 Å². The number of alkyl halides is 3. The molecule has 27 heavy (non-hydrogen) atoms. The Labute approximate surface area is 159 Å². The van der Waals surface area contributed by atoms with E-state index in [-0.39, 0.29) is 10.7 Å². The third kappa shape index (κ3) is 5.14. The average molecular weight is 398 g/mol. The number of non-ortho nitro benzene ring substituents is 1. The summed E-state index contributed by atoms with van der Waals surface area (Å²) in [4.78, 5) is 10.5. The van der Waals surface area contributed by atoms with Crippen molar-refractivity contribution in [3.8, 4) is 17.6 Å². The number of rotatable bonds is 4. The Morgan fingerprint density at radius 2 is 1.70 bits per heavy atom. The molecule has 142 valence electrons. The van der Waals surface area contributed by atoms with Crippen LogP contribution < -0.4 is 4.74 Å². The fraction of sp³-hybridized carbons (Fsp3) is 0.263. The highest BCUT2D eigenvalue weighted by atomic mass is 35.5. The average Bonchev–Trinajstić information content (AvgIpc) is 2.52. The van der Waals surface area contributed by atoms with Gasteiger partial charge < -0.3 is 4.74 Å². The third-order valence-electron chi connectivity index (χ3n) is 3.95. The van der Waals surface area contributed by atoms with Crippen LogP contribution in [0.3, 0.4) is 0 Å². The summed E-state index contributed by atoms with van der Waals surface area (Å²) in [7, 11) is 0.